The predicted molar refractivity (Wildman–Crippen MR) is 81.5 cm³/mol. The number of hydrogen-bond acceptors (Lipinski definition) is 4. The van der Waals surface area contributed by atoms with Crippen molar-refractivity contribution in [3.8, 4) is 5.75 Å². The number of methoxy groups -OCH3 is 2. The Labute approximate surface area is 130 Å². The molecule has 5 nitrogen and oxygen atoms in total. The molecule has 0 bridgehead atoms. The van der Waals surface area contributed by atoms with Crippen molar-refractivity contribution in [1.82, 2.24) is 4.90 Å². The van der Waals surface area contributed by atoms with Gasteiger partial charge in [0.2, 0.25) is 5.91 Å². The Morgan fingerprint density at radius 1 is 1.43 bits per heavy atom. The van der Waals surface area contributed by atoms with Gasteiger partial charge < -0.3 is 20.1 Å². The Bertz CT molecular complexity index is 510. The van der Waals surface area contributed by atoms with Crippen LogP contribution in [0.2, 0.25) is 5.02 Å². The number of nitrogens with zero attached hydrogens (tertiary/aromatic N) is 1. The second kappa shape index (κ2) is 7.11. The van der Waals surface area contributed by atoms with Crippen LogP contribution in [-0.4, -0.2) is 44.2 Å². The fraction of sp³-hybridized carbons (Fsp3) is 0.533. The summed E-state index contributed by atoms with van der Waals surface area (Å²) < 4.78 is 10.3. The van der Waals surface area contributed by atoms with Crippen LogP contribution in [0.3, 0.4) is 0 Å². The SMILES string of the molecule is COCCN1C(=O)CCC(N)C1c1ccc(OC)c(Cl)c1. The number of piperidine rings is 1. The van der Waals surface area contributed by atoms with Gasteiger partial charge in [0.05, 0.1) is 24.8 Å². The van der Waals surface area contributed by atoms with Gasteiger partial charge in [0.1, 0.15) is 5.75 Å². The third kappa shape index (κ3) is 3.48. The molecule has 0 spiro atoms. The number of likely N-dealkylation sites (tertiary alicyclic amines) is 1. The van der Waals surface area contributed by atoms with E-state index in [4.69, 9.17) is 26.8 Å². The smallest absolute Gasteiger partial charge is 0.223 e. The third-order valence-electron chi connectivity index (χ3n) is 3.81. The van der Waals surface area contributed by atoms with Gasteiger partial charge in [0.15, 0.2) is 0 Å². The zero-order valence-electron chi connectivity index (χ0n) is 12.3. The number of benzene rings is 1. The van der Waals surface area contributed by atoms with Crippen LogP contribution in [0.1, 0.15) is 24.4 Å². The molecule has 1 amide bonds. The van der Waals surface area contributed by atoms with E-state index < -0.39 is 0 Å². The van der Waals surface area contributed by atoms with E-state index in [0.717, 1.165) is 5.56 Å². The highest BCUT2D eigenvalue weighted by Crippen LogP contribution is 2.34. The van der Waals surface area contributed by atoms with E-state index in [1.165, 1.54) is 0 Å². The molecule has 1 aliphatic rings. The molecule has 2 N–H and O–H groups in total. The fourth-order valence-corrected chi connectivity index (χ4v) is 2.99. The highest BCUT2D eigenvalue weighted by Gasteiger charge is 2.34. The summed E-state index contributed by atoms with van der Waals surface area (Å²) in [5.74, 6) is 0.713. The summed E-state index contributed by atoms with van der Waals surface area (Å²) in [6.45, 7) is 1.01. The number of carbonyl (C=O) groups excluding carboxylic acids is 1. The Balaban J connectivity index is 2.31. The summed E-state index contributed by atoms with van der Waals surface area (Å²) >= 11 is 6.19. The van der Waals surface area contributed by atoms with E-state index in [1.54, 1.807) is 25.2 Å². The van der Waals surface area contributed by atoms with Crippen LogP contribution in [0.4, 0.5) is 0 Å². The van der Waals surface area contributed by atoms with E-state index in [0.29, 0.717) is 36.8 Å². The van der Waals surface area contributed by atoms with Crippen molar-refractivity contribution >= 4 is 17.5 Å². The fourth-order valence-electron chi connectivity index (χ4n) is 2.73. The van der Waals surface area contributed by atoms with Crippen molar-refractivity contribution < 1.29 is 14.3 Å². The van der Waals surface area contributed by atoms with E-state index >= 15 is 0 Å². The average molecular weight is 313 g/mol. The molecule has 6 heteroatoms. The summed E-state index contributed by atoms with van der Waals surface area (Å²) in [5.41, 5.74) is 7.18. The lowest BCUT2D eigenvalue weighted by Crippen LogP contribution is -2.49. The van der Waals surface area contributed by atoms with Gasteiger partial charge in [-0.2, -0.15) is 0 Å². The summed E-state index contributed by atoms with van der Waals surface area (Å²) in [7, 11) is 3.19. The maximum atomic E-state index is 12.2. The molecule has 2 rings (SSSR count). The van der Waals surface area contributed by atoms with Gasteiger partial charge >= 0.3 is 0 Å². The maximum absolute atomic E-state index is 12.2. The van der Waals surface area contributed by atoms with Crippen molar-refractivity contribution in [2.45, 2.75) is 24.9 Å². The van der Waals surface area contributed by atoms with Gasteiger partial charge in [0, 0.05) is 26.1 Å². The van der Waals surface area contributed by atoms with Gasteiger partial charge in [-0.25, -0.2) is 0 Å². The van der Waals surface area contributed by atoms with Gasteiger partial charge in [-0.15, -0.1) is 0 Å². The van der Waals surface area contributed by atoms with Gasteiger partial charge in [0.25, 0.3) is 0 Å². The lowest BCUT2D eigenvalue weighted by molar-refractivity contribution is -0.138. The van der Waals surface area contributed by atoms with Crippen LogP contribution in [0.15, 0.2) is 18.2 Å². The second-order valence-corrected chi connectivity index (χ2v) is 5.53. The molecule has 1 saturated heterocycles. The first-order valence-electron chi connectivity index (χ1n) is 6.96. The van der Waals surface area contributed by atoms with Crippen LogP contribution in [0.5, 0.6) is 5.75 Å². The minimum absolute atomic E-state index is 0.102. The number of hydrogen-bond donors (Lipinski definition) is 1. The van der Waals surface area contributed by atoms with Crippen LogP contribution < -0.4 is 10.5 Å². The number of amides is 1. The lowest BCUT2D eigenvalue weighted by atomic mass is 9.90. The van der Waals surface area contributed by atoms with Crippen molar-refractivity contribution in [3.05, 3.63) is 28.8 Å². The Morgan fingerprint density at radius 2 is 2.19 bits per heavy atom. The Hall–Kier alpha value is -1.30. The van der Waals surface area contributed by atoms with Gasteiger partial charge in [-0.1, -0.05) is 17.7 Å². The molecule has 1 aromatic rings. The molecule has 0 radical (unpaired) electrons. The van der Waals surface area contributed by atoms with Crippen molar-refractivity contribution in [2.24, 2.45) is 5.73 Å². The van der Waals surface area contributed by atoms with E-state index in [1.807, 2.05) is 12.1 Å². The first-order chi connectivity index (χ1) is 10.1. The lowest BCUT2D eigenvalue weighted by Gasteiger charge is -2.40. The van der Waals surface area contributed by atoms with E-state index in [-0.39, 0.29) is 18.0 Å². The number of ether oxygens (including phenoxy) is 2. The first-order valence-corrected chi connectivity index (χ1v) is 7.33. The van der Waals surface area contributed by atoms with Gasteiger partial charge in [-0.3, -0.25) is 4.79 Å². The first kappa shape index (κ1) is 16.1. The summed E-state index contributed by atoms with van der Waals surface area (Å²) in [6, 6.07) is 5.25. The molecule has 0 aromatic heterocycles. The topological polar surface area (TPSA) is 64.8 Å². The quantitative estimate of drug-likeness (QED) is 0.903. The Morgan fingerprint density at radius 3 is 2.81 bits per heavy atom. The average Bonchev–Trinajstić information content (AvgIpc) is 2.48. The summed E-state index contributed by atoms with van der Waals surface area (Å²) in [5, 5.41) is 0.520. The number of nitrogens with two attached hydrogens (primary N) is 1. The number of rotatable bonds is 5. The van der Waals surface area contributed by atoms with Crippen molar-refractivity contribution in [3.63, 3.8) is 0 Å². The molecule has 21 heavy (non-hydrogen) atoms. The summed E-state index contributed by atoms with van der Waals surface area (Å²) in [4.78, 5) is 14.0. The zero-order valence-corrected chi connectivity index (χ0v) is 13.1. The second-order valence-electron chi connectivity index (χ2n) is 5.12. The van der Waals surface area contributed by atoms with Crippen LogP contribution in [-0.2, 0) is 9.53 Å². The monoisotopic (exact) mass is 312 g/mol. The van der Waals surface area contributed by atoms with Gasteiger partial charge in [-0.05, 0) is 24.1 Å². The van der Waals surface area contributed by atoms with E-state index in [2.05, 4.69) is 0 Å². The third-order valence-corrected chi connectivity index (χ3v) is 4.10. The standard InChI is InChI=1S/C15H21ClN2O3/c1-20-8-7-18-14(19)6-4-12(17)15(18)10-3-5-13(21-2)11(16)9-10/h3,5,9,12,15H,4,6-8,17H2,1-2H3. The highest BCUT2D eigenvalue weighted by molar-refractivity contribution is 6.32. The van der Waals surface area contributed by atoms with Crippen LogP contribution in [0.25, 0.3) is 0 Å². The number of carbonyl (C=O) groups is 1. The molecule has 0 saturated carbocycles. The predicted octanol–water partition coefficient (Wildman–Crippen LogP) is 1.99. The molecule has 1 heterocycles. The maximum Gasteiger partial charge on any atom is 0.223 e. The molecule has 2 unspecified atom stereocenters. The van der Waals surface area contributed by atoms with Crippen LogP contribution >= 0.6 is 11.6 Å². The minimum Gasteiger partial charge on any atom is -0.495 e. The molecule has 1 aliphatic heterocycles. The molecule has 2 atom stereocenters. The minimum atomic E-state index is -0.176. The molecule has 1 fully saturated rings. The molecular formula is C15H21ClN2O3. The number of halogens is 1. The van der Waals surface area contributed by atoms with Crippen molar-refractivity contribution in [1.29, 1.82) is 0 Å². The Kier molecular flexibility index (Phi) is 5.45. The largest absolute Gasteiger partial charge is 0.495 e. The normalized spacial score (nSPS) is 22.5. The highest BCUT2D eigenvalue weighted by atomic mass is 35.5. The van der Waals surface area contributed by atoms with Crippen molar-refractivity contribution in [2.75, 3.05) is 27.4 Å². The molecule has 116 valence electrons. The molecule has 0 aliphatic carbocycles. The molecule has 1 aromatic carbocycles. The molecular weight excluding hydrogens is 292 g/mol. The summed E-state index contributed by atoms with van der Waals surface area (Å²) in [6.07, 6.45) is 1.15. The van der Waals surface area contributed by atoms with E-state index in [9.17, 15) is 4.79 Å². The van der Waals surface area contributed by atoms with Crippen LogP contribution in [0, 0.1) is 0 Å². The zero-order chi connectivity index (χ0) is 15.4.